The van der Waals surface area contributed by atoms with Crippen molar-refractivity contribution in [3.63, 3.8) is 0 Å². The van der Waals surface area contributed by atoms with Crippen molar-refractivity contribution in [1.29, 1.82) is 0 Å². The van der Waals surface area contributed by atoms with E-state index in [-0.39, 0.29) is 5.75 Å². The molecule has 0 fully saturated rings. The molecule has 0 spiro atoms. The maximum absolute atomic E-state index is 12.4. The average molecular weight is 377 g/mol. The van der Waals surface area contributed by atoms with Gasteiger partial charge in [0, 0.05) is 22.3 Å². The lowest BCUT2D eigenvalue weighted by Gasteiger charge is -2.11. The van der Waals surface area contributed by atoms with Crippen LogP contribution in [0, 0.1) is 0 Å². The molecule has 0 amide bonds. The average Bonchev–Trinajstić information content (AvgIpc) is 2.93. The molecule has 1 aliphatic heterocycles. The first kappa shape index (κ1) is 15.6. The van der Waals surface area contributed by atoms with Crippen molar-refractivity contribution < 1.29 is 8.42 Å². The molecule has 0 atom stereocenters. The summed E-state index contributed by atoms with van der Waals surface area (Å²) in [5, 5.41) is 6.06. The van der Waals surface area contributed by atoms with Gasteiger partial charge in [0.2, 0.25) is 0 Å². The third-order valence-electron chi connectivity index (χ3n) is 3.97. The van der Waals surface area contributed by atoms with Gasteiger partial charge in [0.25, 0.3) is 10.0 Å². The number of benzene rings is 2. The summed E-state index contributed by atoms with van der Waals surface area (Å²) in [7, 11) is -2.02. The summed E-state index contributed by atoms with van der Waals surface area (Å²) in [6, 6.07) is 15.3. The van der Waals surface area contributed by atoms with Crippen molar-refractivity contribution in [2.45, 2.75) is 5.75 Å². The van der Waals surface area contributed by atoms with Crippen molar-refractivity contribution in [3.8, 4) is 0 Å². The fraction of sp³-hybridized carbons (Fsp3) is 0.118. The smallest absolute Gasteiger partial charge is 0.205 e. The molecule has 0 saturated heterocycles. The first-order valence-corrected chi connectivity index (χ1v) is 10.1. The minimum absolute atomic E-state index is 0.0894. The maximum atomic E-state index is 12.4. The second-order valence-electron chi connectivity index (χ2n) is 5.59. The number of halogens is 1. The van der Waals surface area contributed by atoms with E-state index < -0.39 is 10.0 Å². The Kier molecular flexibility index (Phi) is 3.63. The molecule has 0 unspecified atom stereocenters. The van der Waals surface area contributed by atoms with Gasteiger partial charge in [0.1, 0.15) is 5.71 Å². The standard InChI is InChI=1S/C17H13ClN2O2S2/c1-20-19-17(16-8-11-4-2-3-5-15(11)23-16)14-9-13(18)7-6-12(14)10-24(20,21)22/h2-9H,10H2,1H3. The van der Waals surface area contributed by atoms with Crippen LogP contribution in [0.1, 0.15) is 16.0 Å². The van der Waals surface area contributed by atoms with E-state index in [4.69, 9.17) is 11.6 Å². The van der Waals surface area contributed by atoms with Crippen molar-refractivity contribution in [2.24, 2.45) is 5.10 Å². The molecule has 7 heteroatoms. The van der Waals surface area contributed by atoms with Gasteiger partial charge >= 0.3 is 0 Å². The highest BCUT2D eigenvalue weighted by Crippen LogP contribution is 2.32. The van der Waals surface area contributed by atoms with Crippen molar-refractivity contribution >= 4 is 48.8 Å². The highest BCUT2D eigenvalue weighted by molar-refractivity contribution is 7.88. The molecule has 0 radical (unpaired) electrons. The Morgan fingerprint density at radius 3 is 2.75 bits per heavy atom. The van der Waals surface area contributed by atoms with Crippen molar-refractivity contribution in [3.05, 3.63) is 69.6 Å². The normalized spacial score (nSPS) is 16.6. The molecule has 1 aromatic heterocycles. The van der Waals surface area contributed by atoms with Crippen LogP contribution < -0.4 is 0 Å². The lowest BCUT2D eigenvalue weighted by molar-refractivity contribution is 0.490. The summed E-state index contributed by atoms with van der Waals surface area (Å²) in [6.07, 6.45) is 0. The number of hydrazone groups is 1. The van der Waals surface area contributed by atoms with Crippen LogP contribution in [0.2, 0.25) is 5.02 Å². The molecule has 4 nitrogen and oxygen atoms in total. The third kappa shape index (κ3) is 2.60. The predicted octanol–water partition coefficient (Wildman–Crippen LogP) is 4.08. The number of hydrogen-bond donors (Lipinski definition) is 0. The van der Waals surface area contributed by atoms with Gasteiger partial charge in [-0.15, -0.1) is 11.3 Å². The zero-order chi connectivity index (χ0) is 16.9. The monoisotopic (exact) mass is 376 g/mol. The van der Waals surface area contributed by atoms with Gasteiger partial charge in [-0.05, 0) is 35.2 Å². The van der Waals surface area contributed by atoms with Gasteiger partial charge in [-0.2, -0.15) is 9.52 Å². The summed E-state index contributed by atoms with van der Waals surface area (Å²) in [5.74, 6) is -0.0894. The van der Waals surface area contributed by atoms with Crippen LogP contribution in [0.3, 0.4) is 0 Å². The second-order valence-corrected chi connectivity index (χ2v) is 9.09. The Hall–Kier alpha value is -1.89. The predicted molar refractivity (Wildman–Crippen MR) is 99.3 cm³/mol. The molecule has 0 bridgehead atoms. The fourth-order valence-electron chi connectivity index (χ4n) is 2.72. The second kappa shape index (κ2) is 5.58. The van der Waals surface area contributed by atoms with Crippen LogP contribution in [-0.2, 0) is 15.8 Å². The van der Waals surface area contributed by atoms with Crippen LogP contribution in [0.4, 0.5) is 0 Å². The van der Waals surface area contributed by atoms with E-state index in [1.807, 2.05) is 30.3 Å². The Labute approximate surface area is 149 Å². The topological polar surface area (TPSA) is 49.7 Å². The van der Waals surface area contributed by atoms with E-state index in [0.29, 0.717) is 16.3 Å². The summed E-state index contributed by atoms with van der Waals surface area (Å²) in [5.41, 5.74) is 2.11. The van der Waals surface area contributed by atoms with E-state index in [1.54, 1.807) is 29.5 Å². The van der Waals surface area contributed by atoms with Crippen LogP contribution >= 0.6 is 22.9 Å². The van der Waals surface area contributed by atoms with Gasteiger partial charge in [-0.25, -0.2) is 8.42 Å². The molecule has 0 aliphatic carbocycles. The fourth-order valence-corrected chi connectivity index (χ4v) is 4.99. The Morgan fingerprint density at radius 2 is 1.96 bits per heavy atom. The van der Waals surface area contributed by atoms with E-state index in [1.165, 1.54) is 7.05 Å². The van der Waals surface area contributed by atoms with Crippen molar-refractivity contribution in [2.75, 3.05) is 7.05 Å². The zero-order valence-corrected chi connectivity index (χ0v) is 15.1. The number of thiophene rings is 1. The molecule has 4 rings (SSSR count). The molecule has 0 N–H and O–H groups in total. The molecule has 3 aromatic rings. The lowest BCUT2D eigenvalue weighted by Crippen LogP contribution is -2.22. The molecule has 1 aliphatic rings. The molecular weight excluding hydrogens is 364 g/mol. The molecule has 24 heavy (non-hydrogen) atoms. The van der Waals surface area contributed by atoms with Gasteiger partial charge in [0.05, 0.1) is 10.6 Å². The molecule has 0 saturated carbocycles. The van der Waals surface area contributed by atoms with Crippen LogP contribution in [-0.4, -0.2) is 25.6 Å². The van der Waals surface area contributed by atoms with E-state index in [9.17, 15) is 8.42 Å². The molecule has 122 valence electrons. The minimum atomic E-state index is -3.49. The van der Waals surface area contributed by atoms with Gasteiger partial charge < -0.3 is 0 Å². The SMILES string of the molecule is CN1N=C(c2cc3ccccc3s2)c2cc(Cl)ccc2CS1(=O)=O. The minimum Gasteiger partial charge on any atom is -0.205 e. The lowest BCUT2D eigenvalue weighted by atomic mass is 10.0. The maximum Gasteiger partial charge on any atom is 0.253 e. The molecule has 2 aromatic carbocycles. The van der Waals surface area contributed by atoms with Crippen LogP contribution in [0.5, 0.6) is 0 Å². The number of hydrogen-bond acceptors (Lipinski definition) is 4. The van der Waals surface area contributed by atoms with Gasteiger partial charge in [0.15, 0.2) is 0 Å². The summed E-state index contributed by atoms with van der Waals surface area (Å²) >= 11 is 7.74. The molecule has 2 heterocycles. The highest BCUT2D eigenvalue weighted by Gasteiger charge is 2.27. The Morgan fingerprint density at radius 1 is 1.17 bits per heavy atom. The summed E-state index contributed by atoms with van der Waals surface area (Å²) in [6.45, 7) is 0. The highest BCUT2D eigenvalue weighted by atomic mass is 35.5. The van der Waals surface area contributed by atoms with Gasteiger partial charge in [-0.1, -0.05) is 35.9 Å². The first-order chi connectivity index (χ1) is 11.4. The number of nitrogens with zero attached hydrogens (tertiary/aromatic N) is 2. The third-order valence-corrected chi connectivity index (χ3v) is 6.89. The number of sulfonamides is 1. The van der Waals surface area contributed by atoms with Crippen molar-refractivity contribution in [1.82, 2.24) is 4.41 Å². The van der Waals surface area contributed by atoms with Crippen LogP contribution in [0.25, 0.3) is 10.1 Å². The van der Waals surface area contributed by atoms with Gasteiger partial charge in [-0.3, -0.25) is 0 Å². The summed E-state index contributed by atoms with van der Waals surface area (Å²) < 4.78 is 27.0. The zero-order valence-electron chi connectivity index (χ0n) is 12.7. The Balaban J connectivity index is 2.00. The largest absolute Gasteiger partial charge is 0.253 e. The summed E-state index contributed by atoms with van der Waals surface area (Å²) in [4.78, 5) is 0.920. The van der Waals surface area contributed by atoms with E-state index >= 15 is 0 Å². The van der Waals surface area contributed by atoms with E-state index in [2.05, 4.69) is 5.10 Å². The number of rotatable bonds is 1. The van der Waals surface area contributed by atoms with Crippen LogP contribution in [0.15, 0.2) is 53.6 Å². The quantitative estimate of drug-likeness (QED) is 0.642. The molecular formula is C17H13ClN2O2S2. The van der Waals surface area contributed by atoms with E-state index in [0.717, 1.165) is 24.9 Å². The Bertz CT molecular complexity index is 1050. The first-order valence-electron chi connectivity index (χ1n) is 7.27. The number of fused-ring (bicyclic) bond motifs is 2.